The Bertz CT molecular complexity index is 885. The topological polar surface area (TPSA) is 76.2 Å². The second-order valence-corrected chi connectivity index (χ2v) is 5.28. The van der Waals surface area contributed by atoms with E-state index in [0.717, 1.165) is 35.3 Å². The number of oxime groups is 1. The van der Waals surface area contributed by atoms with Crippen LogP contribution in [0.2, 0.25) is 0 Å². The molecule has 6 nitrogen and oxygen atoms in total. The second-order valence-electron chi connectivity index (χ2n) is 5.28. The number of fused-ring (bicyclic) bond motifs is 1. The van der Waals surface area contributed by atoms with E-state index in [1.807, 2.05) is 0 Å². The fourth-order valence-electron chi connectivity index (χ4n) is 2.60. The van der Waals surface area contributed by atoms with Crippen molar-refractivity contribution in [1.82, 2.24) is 19.7 Å². The van der Waals surface area contributed by atoms with Crippen molar-refractivity contribution in [2.24, 2.45) is 5.16 Å². The maximum absolute atomic E-state index is 13.6. The predicted molar refractivity (Wildman–Crippen MR) is 78.4 cm³/mol. The summed E-state index contributed by atoms with van der Waals surface area (Å²) in [5.41, 5.74) is 2.72. The quantitative estimate of drug-likeness (QED) is 0.458. The van der Waals surface area contributed by atoms with Crippen molar-refractivity contribution in [3.05, 3.63) is 42.0 Å². The van der Waals surface area contributed by atoms with Crippen molar-refractivity contribution in [3.63, 3.8) is 0 Å². The van der Waals surface area contributed by atoms with Crippen molar-refractivity contribution >= 4 is 17.2 Å². The summed E-state index contributed by atoms with van der Waals surface area (Å²) in [5, 5.41) is 19.3. The lowest BCUT2D eigenvalue weighted by Gasteiger charge is -2.07. The average molecular weight is 297 g/mol. The highest BCUT2D eigenvalue weighted by atomic mass is 19.1. The highest BCUT2D eigenvalue weighted by Gasteiger charge is 2.29. The summed E-state index contributed by atoms with van der Waals surface area (Å²) in [6.07, 6.45) is 4.92. The molecule has 0 atom stereocenters. The van der Waals surface area contributed by atoms with E-state index in [4.69, 9.17) is 5.21 Å². The fourth-order valence-corrected chi connectivity index (χ4v) is 2.60. The molecule has 1 aliphatic carbocycles. The van der Waals surface area contributed by atoms with Gasteiger partial charge in [0.15, 0.2) is 0 Å². The van der Waals surface area contributed by atoms with Crippen molar-refractivity contribution in [2.75, 3.05) is 0 Å². The molecule has 1 N–H and O–H groups in total. The van der Waals surface area contributed by atoms with Crippen LogP contribution in [0.5, 0.6) is 0 Å². The monoisotopic (exact) mass is 297 g/mol. The molecule has 1 aliphatic rings. The van der Waals surface area contributed by atoms with Gasteiger partial charge in [-0.05, 0) is 37.1 Å². The molecule has 2 aromatic heterocycles. The Hall–Kier alpha value is -2.83. The second kappa shape index (κ2) is 4.87. The average Bonchev–Trinajstić information content (AvgIpc) is 3.28. The number of halogens is 1. The van der Waals surface area contributed by atoms with Gasteiger partial charge in [-0.25, -0.2) is 9.37 Å². The van der Waals surface area contributed by atoms with Gasteiger partial charge in [0.1, 0.15) is 17.3 Å². The first kappa shape index (κ1) is 12.9. The molecule has 4 rings (SSSR count). The van der Waals surface area contributed by atoms with E-state index in [-0.39, 0.29) is 5.82 Å². The van der Waals surface area contributed by atoms with E-state index >= 15 is 0 Å². The third-order valence-corrected chi connectivity index (χ3v) is 3.69. The zero-order chi connectivity index (χ0) is 15.1. The minimum Gasteiger partial charge on any atom is -0.411 e. The van der Waals surface area contributed by atoms with Crippen LogP contribution in [-0.2, 0) is 0 Å². The summed E-state index contributed by atoms with van der Waals surface area (Å²) < 4.78 is 15.6. The molecule has 22 heavy (non-hydrogen) atoms. The lowest BCUT2D eigenvalue weighted by molar-refractivity contribution is 0.321. The molecule has 0 aliphatic heterocycles. The van der Waals surface area contributed by atoms with Crippen LogP contribution in [0, 0.1) is 5.82 Å². The van der Waals surface area contributed by atoms with Crippen LogP contribution in [0.4, 0.5) is 4.39 Å². The van der Waals surface area contributed by atoms with E-state index in [1.165, 1.54) is 18.3 Å². The van der Waals surface area contributed by atoms with Crippen LogP contribution in [0.15, 0.2) is 35.6 Å². The minimum absolute atomic E-state index is 0.276. The Balaban J connectivity index is 1.94. The van der Waals surface area contributed by atoms with E-state index in [1.54, 1.807) is 18.3 Å². The molecule has 0 radical (unpaired) electrons. The normalized spacial score (nSPS) is 15.0. The molecule has 0 bridgehead atoms. The van der Waals surface area contributed by atoms with Gasteiger partial charge in [0, 0.05) is 11.6 Å². The number of hydrogen-bond acceptors (Lipinski definition) is 5. The Labute approximate surface area is 124 Å². The number of imidazole rings is 1. The number of hydrogen-bond donors (Lipinski definition) is 1. The molecule has 0 spiro atoms. The summed E-state index contributed by atoms with van der Waals surface area (Å²) in [5.74, 6) is 0.451. The molecule has 7 heteroatoms. The first-order valence-electron chi connectivity index (χ1n) is 6.94. The first-order valence-corrected chi connectivity index (χ1v) is 6.94. The van der Waals surface area contributed by atoms with Crippen molar-refractivity contribution in [3.8, 4) is 11.4 Å². The van der Waals surface area contributed by atoms with Crippen LogP contribution in [0.25, 0.3) is 22.4 Å². The molecule has 0 amide bonds. The van der Waals surface area contributed by atoms with Crippen molar-refractivity contribution in [2.45, 2.75) is 18.9 Å². The SMILES string of the molecule is O/N=C/c1cc(-c2nc3ccc(F)cc3n2C2CC2)cnn1. The van der Waals surface area contributed by atoms with Gasteiger partial charge in [-0.1, -0.05) is 5.16 Å². The molecular weight excluding hydrogens is 285 g/mol. The minimum atomic E-state index is -0.276. The number of benzene rings is 1. The van der Waals surface area contributed by atoms with Gasteiger partial charge in [-0.3, -0.25) is 0 Å². The standard InChI is InChI=1S/C15H12FN5O/c16-10-1-4-13-14(6-10)21(12-2-3-12)15(19-13)9-5-11(8-18-22)20-17-7-9/h1,4-8,12,22H,2-3H2/b18-8+. The Morgan fingerprint density at radius 3 is 2.95 bits per heavy atom. The van der Waals surface area contributed by atoms with E-state index in [0.29, 0.717) is 11.7 Å². The van der Waals surface area contributed by atoms with E-state index in [2.05, 4.69) is 24.9 Å². The lowest BCUT2D eigenvalue weighted by atomic mass is 10.2. The van der Waals surface area contributed by atoms with Crippen molar-refractivity contribution < 1.29 is 9.60 Å². The van der Waals surface area contributed by atoms with Gasteiger partial charge >= 0.3 is 0 Å². The van der Waals surface area contributed by atoms with Crippen LogP contribution in [0.1, 0.15) is 24.6 Å². The van der Waals surface area contributed by atoms with Gasteiger partial charge in [0.05, 0.1) is 23.4 Å². The molecule has 0 saturated heterocycles. The summed E-state index contributed by atoms with van der Waals surface area (Å²) in [4.78, 5) is 4.61. The van der Waals surface area contributed by atoms with Crippen LogP contribution < -0.4 is 0 Å². The third kappa shape index (κ3) is 2.11. The molecule has 3 aromatic rings. The Morgan fingerprint density at radius 2 is 2.18 bits per heavy atom. The number of aromatic nitrogens is 4. The summed E-state index contributed by atoms with van der Waals surface area (Å²) in [6.45, 7) is 0. The maximum atomic E-state index is 13.6. The number of nitrogens with zero attached hydrogens (tertiary/aromatic N) is 5. The summed E-state index contributed by atoms with van der Waals surface area (Å²) in [6, 6.07) is 6.67. The lowest BCUT2D eigenvalue weighted by Crippen LogP contribution is -2.00. The van der Waals surface area contributed by atoms with Gasteiger partial charge in [0.25, 0.3) is 0 Å². The Morgan fingerprint density at radius 1 is 1.32 bits per heavy atom. The highest BCUT2D eigenvalue weighted by molar-refractivity contribution is 5.83. The molecule has 1 aromatic carbocycles. The van der Waals surface area contributed by atoms with E-state index < -0.39 is 0 Å². The smallest absolute Gasteiger partial charge is 0.143 e. The fraction of sp³-hybridized carbons (Fsp3) is 0.200. The summed E-state index contributed by atoms with van der Waals surface area (Å²) in [7, 11) is 0. The molecule has 110 valence electrons. The number of rotatable bonds is 3. The molecule has 1 fully saturated rings. The van der Waals surface area contributed by atoms with Gasteiger partial charge < -0.3 is 9.77 Å². The largest absolute Gasteiger partial charge is 0.411 e. The first-order chi connectivity index (χ1) is 10.8. The van der Waals surface area contributed by atoms with Crippen LogP contribution >= 0.6 is 0 Å². The zero-order valence-corrected chi connectivity index (χ0v) is 11.5. The Kier molecular flexibility index (Phi) is 2.85. The van der Waals surface area contributed by atoms with Crippen LogP contribution in [-0.4, -0.2) is 31.2 Å². The molecular formula is C15H12FN5O. The van der Waals surface area contributed by atoms with Crippen LogP contribution in [0.3, 0.4) is 0 Å². The highest BCUT2D eigenvalue weighted by Crippen LogP contribution is 2.41. The van der Waals surface area contributed by atoms with Gasteiger partial charge in [-0.15, -0.1) is 5.10 Å². The molecule has 1 saturated carbocycles. The van der Waals surface area contributed by atoms with Gasteiger partial charge in [-0.2, -0.15) is 5.10 Å². The zero-order valence-electron chi connectivity index (χ0n) is 11.5. The maximum Gasteiger partial charge on any atom is 0.143 e. The molecule has 0 unspecified atom stereocenters. The third-order valence-electron chi connectivity index (χ3n) is 3.69. The summed E-state index contributed by atoms with van der Waals surface area (Å²) >= 11 is 0. The van der Waals surface area contributed by atoms with E-state index in [9.17, 15) is 4.39 Å². The van der Waals surface area contributed by atoms with Crippen molar-refractivity contribution in [1.29, 1.82) is 0 Å². The predicted octanol–water partition coefficient (Wildman–Crippen LogP) is 2.78. The van der Waals surface area contributed by atoms with Gasteiger partial charge in [0.2, 0.25) is 0 Å². The molecule has 2 heterocycles.